The Hall–Kier alpha value is -1.87. The predicted molar refractivity (Wildman–Crippen MR) is 75.9 cm³/mol. The van der Waals surface area contributed by atoms with Gasteiger partial charge in [-0.25, -0.2) is 0 Å². The first kappa shape index (κ1) is 11.2. The number of aromatic nitrogens is 1. The molecule has 0 atom stereocenters. The normalized spacial score (nSPS) is 10.7. The van der Waals surface area contributed by atoms with Gasteiger partial charge in [-0.1, -0.05) is 46.3 Å². The number of hydrogen-bond donors (Lipinski definition) is 1. The lowest BCUT2D eigenvalue weighted by molar-refractivity contribution is 0.103. The number of carbonyl (C=O) groups is 1. The zero-order valence-corrected chi connectivity index (χ0v) is 11.1. The Kier molecular flexibility index (Phi) is 2.76. The van der Waals surface area contributed by atoms with Crippen LogP contribution in [0.3, 0.4) is 0 Å². The highest BCUT2D eigenvalue weighted by atomic mass is 79.9. The predicted octanol–water partition coefficient (Wildman–Crippen LogP) is 4.16. The third kappa shape index (κ3) is 1.97. The largest absolute Gasteiger partial charge is 0.352 e. The van der Waals surface area contributed by atoms with Gasteiger partial charge in [-0.15, -0.1) is 0 Å². The summed E-state index contributed by atoms with van der Waals surface area (Å²) in [5.74, 6) is 0.00694. The van der Waals surface area contributed by atoms with Crippen LogP contribution in [0.15, 0.2) is 59.1 Å². The second-order valence-corrected chi connectivity index (χ2v) is 5.03. The van der Waals surface area contributed by atoms with Crippen molar-refractivity contribution in [3.63, 3.8) is 0 Å². The lowest BCUT2D eigenvalue weighted by Gasteiger charge is -1.98. The van der Waals surface area contributed by atoms with Crippen molar-refractivity contribution in [1.29, 1.82) is 0 Å². The van der Waals surface area contributed by atoms with Crippen molar-refractivity contribution in [2.24, 2.45) is 0 Å². The number of fused-ring (bicyclic) bond motifs is 1. The summed E-state index contributed by atoms with van der Waals surface area (Å²) in [6, 6.07) is 17.2. The van der Waals surface area contributed by atoms with E-state index in [1.54, 1.807) is 0 Å². The van der Waals surface area contributed by atoms with Gasteiger partial charge in [-0.05, 0) is 24.3 Å². The van der Waals surface area contributed by atoms with E-state index in [1.807, 2.05) is 54.6 Å². The van der Waals surface area contributed by atoms with Gasteiger partial charge in [-0.3, -0.25) is 4.79 Å². The number of aromatic amines is 1. The Morgan fingerprint density at radius 2 is 1.83 bits per heavy atom. The number of rotatable bonds is 2. The van der Waals surface area contributed by atoms with E-state index >= 15 is 0 Å². The summed E-state index contributed by atoms with van der Waals surface area (Å²) in [5, 5.41) is 1.05. The van der Waals surface area contributed by atoms with Gasteiger partial charge in [-0.2, -0.15) is 0 Å². The summed E-state index contributed by atoms with van der Waals surface area (Å²) in [6.07, 6.45) is 0. The van der Waals surface area contributed by atoms with Crippen molar-refractivity contribution in [3.8, 4) is 0 Å². The summed E-state index contributed by atoms with van der Waals surface area (Å²) < 4.78 is 0.907. The van der Waals surface area contributed by atoms with Gasteiger partial charge in [0, 0.05) is 20.9 Å². The van der Waals surface area contributed by atoms with Gasteiger partial charge in [0.1, 0.15) is 0 Å². The second-order valence-electron chi connectivity index (χ2n) is 4.11. The summed E-state index contributed by atoms with van der Waals surface area (Å²) >= 11 is 3.38. The van der Waals surface area contributed by atoms with E-state index in [2.05, 4.69) is 20.9 Å². The average Bonchev–Trinajstić information content (AvgIpc) is 2.81. The highest BCUT2D eigenvalue weighted by Gasteiger charge is 2.11. The summed E-state index contributed by atoms with van der Waals surface area (Å²) in [5.41, 5.74) is 2.28. The average molecular weight is 300 g/mol. The minimum absolute atomic E-state index is 0.00694. The molecule has 0 saturated heterocycles. The number of nitrogens with one attached hydrogen (secondary N) is 1. The molecule has 3 aromatic rings. The molecule has 0 unspecified atom stereocenters. The molecule has 0 aliphatic rings. The second kappa shape index (κ2) is 4.42. The summed E-state index contributed by atoms with van der Waals surface area (Å²) in [6.45, 7) is 0. The van der Waals surface area contributed by atoms with Crippen molar-refractivity contribution < 1.29 is 4.79 Å². The lowest BCUT2D eigenvalue weighted by Crippen LogP contribution is -2.01. The molecular formula is C15H10BrNO. The van der Waals surface area contributed by atoms with Gasteiger partial charge < -0.3 is 4.98 Å². The first-order valence-corrected chi connectivity index (χ1v) is 6.41. The highest BCUT2D eigenvalue weighted by Crippen LogP contribution is 2.19. The Bertz CT molecular complexity index is 697. The molecule has 2 aromatic carbocycles. The van der Waals surface area contributed by atoms with Crippen LogP contribution >= 0.6 is 15.9 Å². The summed E-state index contributed by atoms with van der Waals surface area (Å²) in [7, 11) is 0. The monoisotopic (exact) mass is 299 g/mol. The molecule has 0 aliphatic carbocycles. The SMILES string of the molecule is O=C(c1cccc(Br)c1)c1cc2ccccc2[nH]1. The Morgan fingerprint density at radius 1 is 1.00 bits per heavy atom. The molecule has 0 saturated carbocycles. The van der Waals surface area contributed by atoms with Crippen LogP contribution in [0, 0.1) is 0 Å². The standard InChI is InChI=1S/C15H10BrNO/c16-12-6-3-5-11(8-12)15(18)14-9-10-4-1-2-7-13(10)17-14/h1-9,17H. The van der Waals surface area contributed by atoms with Gasteiger partial charge in [0.25, 0.3) is 0 Å². The van der Waals surface area contributed by atoms with E-state index in [0.717, 1.165) is 15.4 Å². The van der Waals surface area contributed by atoms with Crippen molar-refractivity contribution in [3.05, 3.63) is 70.3 Å². The van der Waals surface area contributed by atoms with Crippen molar-refractivity contribution in [2.45, 2.75) is 0 Å². The van der Waals surface area contributed by atoms with Gasteiger partial charge >= 0.3 is 0 Å². The fraction of sp³-hybridized carbons (Fsp3) is 0. The molecule has 0 aliphatic heterocycles. The Morgan fingerprint density at radius 3 is 2.61 bits per heavy atom. The number of halogens is 1. The maximum atomic E-state index is 12.3. The van der Waals surface area contributed by atoms with E-state index in [4.69, 9.17) is 0 Å². The molecule has 88 valence electrons. The van der Waals surface area contributed by atoms with Gasteiger partial charge in [0.2, 0.25) is 5.78 Å². The van der Waals surface area contributed by atoms with Gasteiger partial charge in [0.15, 0.2) is 0 Å². The maximum Gasteiger partial charge on any atom is 0.209 e. The minimum Gasteiger partial charge on any atom is -0.352 e. The highest BCUT2D eigenvalue weighted by molar-refractivity contribution is 9.10. The van der Waals surface area contributed by atoms with Crippen LogP contribution in [-0.4, -0.2) is 10.8 Å². The van der Waals surface area contributed by atoms with Crippen LogP contribution in [0.5, 0.6) is 0 Å². The zero-order valence-electron chi connectivity index (χ0n) is 9.48. The van der Waals surface area contributed by atoms with E-state index in [-0.39, 0.29) is 5.78 Å². The first-order chi connectivity index (χ1) is 8.74. The van der Waals surface area contributed by atoms with E-state index in [9.17, 15) is 4.79 Å². The molecule has 0 fully saturated rings. The van der Waals surface area contributed by atoms with Crippen LogP contribution in [0.4, 0.5) is 0 Å². The fourth-order valence-electron chi connectivity index (χ4n) is 1.98. The Balaban J connectivity index is 2.06. The van der Waals surface area contributed by atoms with Crippen molar-refractivity contribution in [2.75, 3.05) is 0 Å². The third-order valence-corrected chi connectivity index (χ3v) is 3.35. The van der Waals surface area contributed by atoms with Crippen LogP contribution in [0.1, 0.15) is 16.1 Å². The molecule has 1 heterocycles. The Labute approximate surface area is 113 Å². The molecule has 2 nitrogen and oxygen atoms in total. The molecule has 0 bridgehead atoms. The number of benzene rings is 2. The molecule has 0 spiro atoms. The fourth-order valence-corrected chi connectivity index (χ4v) is 2.38. The zero-order chi connectivity index (χ0) is 12.5. The van der Waals surface area contributed by atoms with E-state index in [1.165, 1.54) is 0 Å². The number of H-pyrrole nitrogens is 1. The molecule has 18 heavy (non-hydrogen) atoms. The minimum atomic E-state index is 0.00694. The van der Waals surface area contributed by atoms with E-state index in [0.29, 0.717) is 11.3 Å². The van der Waals surface area contributed by atoms with Crippen LogP contribution < -0.4 is 0 Å². The van der Waals surface area contributed by atoms with E-state index < -0.39 is 0 Å². The maximum absolute atomic E-state index is 12.3. The van der Waals surface area contributed by atoms with Crippen LogP contribution in [-0.2, 0) is 0 Å². The molecule has 3 rings (SSSR count). The van der Waals surface area contributed by atoms with Crippen LogP contribution in [0.25, 0.3) is 10.9 Å². The first-order valence-electron chi connectivity index (χ1n) is 5.62. The lowest BCUT2D eigenvalue weighted by atomic mass is 10.1. The van der Waals surface area contributed by atoms with Gasteiger partial charge in [0.05, 0.1) is 5.69 Å². The quantitative estimate of drug-likeness (QED) is 0.708. The number of para-hydroxylation sites is 1. The molecular weight excluding hydrogens is 290 g/mol. The molecule has 0 amide bonds. The summed E-state index contributed by atoms with van der Waals surface area (Å²) in [4.78, 5) is 15.5. The van der Waals surface area contributed by atoms with Crippen molar-refractivity contribution in [1.82, 2.24) is 4.98 Å². The number of hydrogen-bond acceptors (Lipinski definition) is 1. The number of ketones is 1. The molecule has 1 aromatic heterocycles. The number of carbonyl (C=O) groups excluding carboxylic acids is 1. The topological polar surface area (TPSA) is 32.9 Å². The smallest absolute Gasteiger partial charge is 0.209 e. The third-order valence-electron chi connectivity index (χ3n) is 2.86. The molecule has 0 radical (unpaired) electrons. The van der Waals surface area contributed by atoms with Crippen molar-refractivity contribution >= 4 is 32.6 Å². The van der Waals surface area contributed by atoms with Crippen LogP contribution in [0.2, 0.25) is 0 Å². The molecule has 1 N–H and O–H groups in total. The molecule has 3 heteroatoms.